The monoisotopic (exact) mass is 247 g/mol. The fraction of sp³-hybridized carbons (Fsp3) is 0.500. The van der Waals surface area contributed by atoms with E-state index in [2.05, 4.69) is 17.6 Å². The SMILES string of the molecule is SCCCCCSc1ncccc1Cl. The number of unbranched alkanes of at least 4 members (excludes halogenated alkanes) is 2. The van der Waals surface area contributed by atoms with Crippen molar-refractivity contribution in [3.05, 3.63) is 23.4 Å². The fourth-order valence-electron chi connectivity index (χ4n) is 1.04. The Labute approximate surface area is 100 Å². The lowest BCUT2D eigenvalue weighted by Crippen LogP contribution is -1.85. The van der Waals surface area contributed by atoms with E-state index in [0.717, 1.165) is 21.6 Å². The third-order valence-corrected chi connectivity index (χ3v) is 3.59. The first-order valence-electron chi connectivity index (χ1n) is 4.69. The second-order valence-corrected chi connectivity index (χ2v) is 4.86. The molecule has 1 nitrogen and oxygen atoms in total. The molecule has 0 aliphatic carbocycles. The molecule has 0 atom stereocenters. The van der Waals surface area contributed by atoms with Crippen LogP contribution in [0, 0.1) is 0 Å². The van der Waals surface area contributed by atoms with Crippen LogP contribution in [0.2, 0.25) is 5.02 Å². The van der Waals surface area contributed by atoms with E-state index < -0.39 is 0 Å². The molecule has 1 aromatic heterocycles. The average Bonchev–Trinajstić information content (AvgIpc) is 2.20. The summed E-state index contributed by atoms with van der Waals surface area (Å²) in [7, 11) is 0. The molecule has 14 heavy (non-hydrogen) atoms. The van der Waals surface area contributed by atoms with E-state index in [1.54, 1.807) is 18.0 Å². The largest absolute Gasteiger partial charge is 0.248 e. The van der Waals surface area contributed by atoms with E-state index in [0.29, 0.717) is 0 Å². The first-order chi connectivity index (χ1) is 6.84. The van der Waals surface area contributed by atoms with Gasteiger partial charge in [-0.25, -0.2) is 4.98 Å². The molecule has 1 rings (SSSR count). The van der Waals surface area contributed by atoms with Gasteiger partial charge in [-0.2, -0.15) is 12.6 Å². The van der Waals surface area contributed by atoms with Gasteiger partial charge in [0.1, 0.15) is 5.03 Å². The molecule has 0 bridgehead atoms. The van der Waals surface area contributed by atoms with Crippen molar-refractivity contribution < 1.29 is 0 Å². The summed E-state index contributed by atoms with van der Waals surface area (Å²) < 4.78 is 0. The molecule has 0 N–H and O–H groups in total. The van der Waals surface area contributed by atoms with Gasteiger partial charge < -0.3 is 0 Å². The molecule has 0 aromatic carbocycles. The Morgan fingerprint density at radius 1 is 1.36 bits per heavy atom. The fourth-order valence-corrected chi connectivity index (χ4v) is 2.43. The number of nitrogens with zero attached hydrogens (tertiary/aromatic N) is 1. The average molecular weight is 248 g/mol. The molecule has 0 amide bonds. The third kappa shape index (κ3) is 4.58. The number of thiol groups is 1. The van der Waals surface area contributed by atoms with Crippen LogP contribution in [0.25, 0.3) is 0 Å². The van der Waals surface area contributed by atoms with Crippen LogP contribution in [-0.4, -0.2) is 16.5 Å². The standard InChI is InChI=1S/C10H14ClNS2/c11-9-5-4-6-12-10(9)14-8-3-1-2-7-13/h4-6,13H,1-3,7-8H2. The molecular formula is C10H14ClNS2. The number of pyridine rings is 1. The van der Waals surface area contributed by atoms with E-state index >= 15 is 0 Å². The maximum absolute atomic E-state index is 5.97. The Morgan fingerprint density at radius 2 is 2.21 bits per heavy atom. The number of hydrogen-bond acceptors (Lipinski definition) is 3. The van der Waals surface area contributed by atoms with Gasteiger partial charge in [-0.3, -0.25) is 0 Å². The third-order valence-electron chi connectivity index (χ3n) is 1.77. The summed E-state index contributed by atoms with van der Waals surface area (Å²) in [5.41, 5.74) is 0. The molecule has 0 aliphatic heterocycles. The van der Waals surface area contributed by atoms with Crippen molar-refractivity contribution in [2.75, 3.05) is 11.5 Å². The van der Waals surface area contributed by atoms with E-state index in [1.807, 2.05) is 12.1 Å². The smallest absolute Gasteiger partial charge is 0.115 e. The maximum Gasteiger partial charge on any atom is 0.115 e. The lowest BCUT2D eigenvalue weighted by atomic mass is 10.3. The van der Waals surface area contributed by atoms with Crippen molar-refractivity contribution >= 4 is 36.0 Å². The summed E-state index contributed by atoms with van der Waals surface area (Å²) in [5, 5.41) is 1.70. The second-order valence-electron chi connectivity index (χ2n) is 2.92. The molecule has 1 heterocycles. The molecular weight excluding hydrogens is 234 g/mol. The van der Waals surface area contributed by atoms with Gasteiger partial charge in [0.05, 0.1) is 5.02 Å². The van der Waals surface area contributed by atoms with Gasteiger partial charge in [0.25, 0.3) is 0 Å². The summed E-state index contributed by atoms with van der Waals surface area (Å²) in [6, 6.07) is 3.73. The first kappa shape index (κ1) is 12.2. The zero-order chi connectivity index (χ0) is 10.2. The topological polar surface area (TPSA) is 12.9 Å². The minimum absolute atomic E-state index is 0.756. The molecule has 0 saturated carbocycles. The Morgan fingerprint density at radius 3 is 2.93 bits per heavy atom. The number of halogens is 1. The van der Waals surface area contributed by atoms with Crippen molar-refractivity contribution in [3.8, 4) is 0 Å². The predicted octanol–water partition coefficient (Wildman–Crippen LogP) is 3.93. The Hall–Kier alpha value is 0.140. The molecule has 78 valence electrons. The van der Waals surface area contributed by atoms with Gasteiger partial charge >= 0.3 is 0 Å². The highest BCUT2D eigenvalue weighted by Crippen LogP contribution is 2.24. The van der Waals surface area contributed by atoms with E-state index in [4.69, 9.17) is 11.6 Å². The highest BCUT2D eigenvalue weighted by Gasteiger charge is 2.00. The van der Waals surface area contributed by atoms with E-state index in [9.17, 15) is 0 Å². The molecule has 0 radical (unpaired) electrons. The quantitative estimate of drug-likeness (QED) is 0.465. The van der Waals surface area contributed by atoms with Gasteiger partial charge in [-0.15, -0.1) is 11.8 Å². The van der Waals surface area contributed by atoms with Gasteiger partial charge in [0.2, 0.25) is 0 Å². The van der Waals surface area contributed by atoms with Crippen molar-refractivity contribution in [2.24, 2.45) is 0 Å². The molecule has 0 spiro atoms. The number of thioether (sulfide) groups is 1. The Bertz CT molecular complexity index is 268. The van der Waals surface area contributed by atoms with Crippen LogP contribution in [0.4, 0.5) is 0 Å². The van der Waals surface area contributed by atoms with Crippen LogP contribution in [0.1, 0.15) is 19.3 Å². The van der Waals surface area contributed by atoms with Crippen LogP contribution in [0.15, 0.2) is 23.4 Å². The van der Waals surface area contributed by atoms with Crippen LogP contribution in [-0.2, 0) is 0 Å². The second kappa shape index (κ2) is 7.43. The summed E-state index contributed by atoms with van der Waals surface area (Å²) in [4.78, 5) is 4.21. The summed E-state index contributed by atoms with van der Waals surface area (Å²) in [6.07, 6.45) is 5.42. The zero-order valence-electron chi connectivity index (χ0n) is 7.95. The molecule has 0 fully saturated rings. The molecule has 0 aliphatic rings. The van der Waals surface area contributed by atoms with Crippen molar-refractivity contribution in [3.63, 3.8) is 0 Å². The minimum atomic E-state index is 0.756. The first-order valence-corrected chi connectivity index (χ1v) is 6.68. The van der Waals surface area contributed by atoms with Crippen molar-refractivity contribution in [2.45, 2.75) is 24.3 Å². The van der Waals surface area contributed by atoms with Gasteiger partial charge in [-0.1, -0.05) is 18.0 Å². The minimum Gasteiger partial charge on any atom is -0.248 e. The zero-order valence-corrected chi connectivity index (χ0v) is 10.4. The predicted molar refractivity (Wildman–Crippen MR) is 67.7 cm³/mol. The molecule has 1 aromatic rings. The number of aromatic nitrogens is 1. The van der Waals surface area contributed by atoms with Crippen LogP contribution < -0.4 is 0 Å². The maximum atomic E-state index is 5.97. The highest BCUT2D eigenvalue weighted by atomic mass is 35.5. The van der Waals surface area contributed by atoms with Crippen molar-refractivity contribution in [1.29, 1.82) is 0 Å². The molecule has 0 saturated heterocycles. The van der Waals surface area contributed by atoms with Gasteiger partial charge in [-0.05, 0) is 36.5 Å². The molecule has 0 unspecified atom stereocenters. The number of rotatable bonds is 6. The van der Waals surface area contributed by atoms with Crippen LogP contribution in [0.3, 0.4) is 0 Å². The summed E-state index contributed by atoms with van der Waals surface area (Å²) >= 11 is 11.9. The summed E-state index contributed by atoms with van der Waals surface area (Å²) in [5.74, 6) is 2.07. The van der Waals surface area contributed by atoms with E-state index in [1.165, 1.54) is 19.3 Å². The Balaban J connectivity index is 2.21. The van der Waals surface area contributed by atoms with Crippen LogP contribution >= 0.6 is 36.0 Å². The number of hydrogen-bond donors (Lipinski definition) is 1. The summed E-state index contributed by atoms with van der Waals surface area (Å²) in [6.45, 7) is 0. The van der Waals surface area contributed by atoms with Gasteiger partial charge in [0, 0.05) is 6.20 Å². The van der Waals surface area contributed by atoms with E-state index in [-0.39, 0.29) is 0 Å². The normalized spacial score (nSPS) is 10.4. The Kier molecular flexibility index (Phi) is 6.48. The van der Waals surface area contributed by atoms with Crippen LogP contribution in [0.5, 0.6) is 0 Å². The molecule has 4 heteroatoms. The van der Waals surface area contributed by atoms with Gasteiger partial charge in [0.15, 0.2) is 0 Å². The highest BCUT2D eigenvalue weighted by molar-refractivity contribution is 7.99. The lowest BCUT2D eigenvalue weighted by Gasteiger charge is -2.01. The van der Waals surface area contributed by atoms with Crippen molar-refractivity contribution in [1.82, 2.24) is 4.98 Å². The lowest BCUT2D eigenvalue weighted by molar-refractivity contribution is 0.786.